The third kappa shape index (κ3) is 5.68. The second kappa shape index (κ2) is 6.68. The fourth-order valence-corrected chi connectivity index (χ4v) is 6.90. The molecule has 0 bridgehead atoms. The first kappa shape index (κ1) is 7.68. The fraction of sp³-hybridized carbons (Fsp3) is 0. The van der Waals surface area contributed by atoms with Gasteiger partial charge in [0.25, 0.3) is 0 Å². The molecule has 6 heteroatoms. The molecule has 0 aromatic rings. The summed E-state index contributed by atoms with van der Waals surface area (Å²) >= 11 is 6.96. The van der Waals surface area contributed by atoms with Crippen molar-refractivity contribution in [2.24, 2.45) is 0 Å². The quantitative estimate of drug-likeness (QED) is 0.543. The summed E-state index contributed by atoms with van der Waals surface area (Å²) in [5.41, 5.74) is 0. The Morgan fingerprint density at radius 1 is 1.33 bits per heavy atom. The predicted molar refractivity (Wildman–Crippen MR) is 36.8 cm³/mol. The topological polar surface area (TPSA) is 0 Å². The summed E-state index contributed by atoms with van der Waals surface area (Å²) in [5, 5.41) is 0. The zero-order chi connectivity index (χ0) is 4.83. The van der Waals surface area contributed by atoms with Crippen LogP contribution in [0.15, 0.2) is 0 Å². The molecule has 0 aromatic carbocycles. The van der Waals surface area contributed by atoms with E-state index in [1.54, 1.807) is 25.7 Å². The summed E-state index contributed by atoms with van der Waals surface area (Å²) in [6.45, 7) is 0. The van der Waals surface area contributed by atoms with E-state index in [-0.39, 0.29) is 0 Å². The van der Waals surface area contributed by atoms with Crippen molar-refractivity contribution in [1.82, 2.24) is 0 Å². The summed E-state index contributed by atoms with van der Waals surface area (Å²) in [7, 11) is 6.29. The molecule has 0 saturated carbocycles. The third-order valence-electron chi connectivity index (χ3n) is 0.0860. The molecule has 0 aliphatic carbocycles. The van der Waals surface area contributed by atoms with Crippen LogP contribution >= 0.6 is 0 Å². The van der Waals surface area contributed by atoms with Crippen LogP contribution < -0.4 is 0 Å². The first-order valence-electron chi connectivity index (χ1n) is 0.849. The Bertz CT molecular complexity index is 136. The standard InChI is InChI=1S/S5.V/c1-3-5-4-2;. The van der Waals surface area contributed by atoms with E-state index in [1.165, 1.54) is 8.88 Å². The van der Waals surface area contributed by atoms with Crippen molar-refractivity contribution >= 4 is 45.8 Å². The molecule has 0 unspecified atom stereocenters. The SMILES string of the molecule is S=S=S=S=[S]=[V]. The van der Waals surface area contributed by atoms with E-state index in [2.05, 4.69) is 26.9 Å². The van der Waals surface area contributed by atoms with Gasteiger partial charge in [-0.3, -0.25) is 0 Å². The zero-order valence-electron chi connectivity index (χ0n) is 2.49. The van der Waals surface area contributed by atoms with Crippen molar-refractivity contribution in [3.05, 3.63) is 0 Å². The normalized spacial score (nSPS) is 5.83. The van der Waals surface area contributed by atoms with Crippen LogP contribution in [0.1, 0.15) is 0 Å². The molecule has 0 amide bonds. The van der Waals surface area contributed by atoms with Gasteiger partial charge in [0.15, 0.2) is 0 Å². The molecular weight excluding hydrogens is 211 g/mol. The Kier molecular flexibility index (Phi) is 8.56. The maximum atomic E-state index is 4.56. The van der Waals surface area contributed by atoms with Crippen LogP contribution in [0.3, 0.4) is 0 Å². The van der Waals surface area contributed by atoms with Gasteiger partial charge in [0.1, 0.15) is 0 Å². The Morgan fingerprint density at radius 3 is 2.17 bits per heavy atom. The van der Waals surface area contributed by atoms with Crippen LogP contribution in [0.5, 0.6) is 0 Å². The van der Waals surface area contributed by atoms with Crippen LogP contribution in [0.25, 0.3) is 0 Å². The summed E-state index contributed by atoms with van der Waals surface area (Å²) in [5.74, 6) is 0. The molecule has 0 atom stereocenters. The molecule has 0 spiro atoms. The van der Waals surface area contributed by atoms with Gasteiger partial charge in [-0.2, -0.15) is 0 Å². The van der Waals surface area contributed by atoms with E-state index in [9.17, 15) is 0 Å². The van der Waals surface area contributed by atoms with Crippen LogP contribution in [0.4, 0.5) is 0 Å². The molecule has 0 aliphatic rings. The summed E-state index contributed by atoms with van der Waals surface area (Å²) in [6, 6.07) is 0. The second-order valence-corrected chi connectivity index (χ2v) is 8.28. The minimum atomic E-state index is 1.36. The van der Waals surface area contributed by atoms with Crippen LogP contribution in [-0.2, 0) is 61.5 Å². The van der Waals surface area contributed by atoms with E-state index < -0.39 is 0 Å². The van der Waals surface area contributed by atoms with Crippen LogP contribution in [-0.4, -0.2) is 0 Å². The molecule has 6 heavy (non-hydrogen) atoms. The van der Waals surface area contributed by atoms with Crippen molar-refractivity contribution in [3.63, 3.8) is 0 Å². The monoisotopic (exact) mass is 211 g/mol. The first-order chi connectivity index (χ1) is 2.91. The van der Waals surface area contributed by atoms with Crippen molar-refractivity contribution in [1.29, 1.82) is 0 Å². The zero-order valence-corrected chi connectivity index (χ0v) is 7.97. The van der Waals surface area contributed by atoms with E-state index in [0.717, 1.165) is 0 Å². The Morgan fingerprint density at radius 2 is 2.00 bits per heavy atom. The molecule has 0 radical (unpaired) electrons. The molecular formula is S5V. The van der Waals surface area contributed by atoms with Crippen molar-refractivity contribution < 1.29 is 15.7 Å². The molecule has 0 saturated heterocycles. The maximum absolute atomic E-state index is 4.56. The molecule has 0 rings (SSSR count). The van der Waals surface area contributed by atoms with Gasteiger partial charge >= 0.3 is 61.5 Å². The average molecular weight is 211 g/mol. The number of hydrogen-bond acceptors (Lipinski definition) is 1. The van der Waals surface area contributed by atoms with Crippen molar-refractivity contribution in [3.8, 4) is 0 Å². The third-order valence-corrected chi connectivity index (χ3v) is 7.89. The van der Waals surface area contributed by atoms with E-state index in [1.807, 2.05) is 0 Å². The van der Waals surface area contributed by atoms with Gasteiger partial charge in [-0.05, 0) is 0 Å². The average Bonchev–Trinajstić information content (AvgIpc) is 1.61. The molecule has 0 N–H and O–H groups in total. The Hall–Kier alpha value is 1.68. The van der Waals surface area contributed by atoms with Gasteiger partial charge in [0.2, 0.25) is 0 Å². The van der Waals surface area contributed by atoms with Gasteiger partial charge in [-0.1, -0.05) is 0 Å². The van der Waals surface area contributed by atoms with E-state index >= 15 is 0 Å². The van der Waals surface area contributed by atoms with E-state index in [0.29, 0.717) is 0 Å². The van der Waals surface area contributed by atoms with Crippen LogP contribution in [0.2, 0.25) is 0 Å². The Balaban J connectivity index is 4.68. The fourth-order valence-electron chi connectivity index (χ4n) is 0.0238. The summed E-state index contributed by atoms with van der Waals surface area (Å²) in [6.07, 6.45) is 0. The first-order valence-corrected chi connectivity index (χ1v) is 8.26. The van der Waals surface area contributed by atoms with Gasteiger partial charge in [-0.15, -0.1) is 0 Å². The van der Waals surface area contributed by atoms with E-state index in [4.69, 9.17) is 0 Å². The predicted octanol–water partition coefficient (Wildman–Crippen LogP) is -0.0145. The summed E-state index contributed by atoms with van der Waals surface area (Å²) in [4.78, 5) is 0. The molecule has 35 valence electrons. The van der Waals surface area contributed by atoms with Gasteiger partial charge in [-0.25, -0.2) is 0 Å². The minimum absolute atomic E-state index is 1.36. The number of rotatable bonds is 0. The number of hydrogen-bond donors (Lipinski definition) is 0. The van der Waals surface area contributed by atoms with Crippen LogP contribution in [0, 0.1) is 0 Å². The van der Waals surface area contributed by atoms with Gasteiger partial charge in [0, 0.05) is 0 Å². The molecule has 0 aromatic heterocycles. The Labute approximate surface area is 60.8 Å². The van der Waals surface area contributed by atoms with Crippen molar-refractivity contribution in [2.45, 2.75) is 0 Å². The molecule has 0 heterocycles. The van der Waals surface area contributed by atoms with Gasteiger partial charge < -0.3 is 0 Å². The summed E-state index contributed by atoms with van der Waals surface area (Å²) < 4.78 is 0. The van der Waals surface area contributed by atoms with Crippen molar-refractivity contribution in [2.75, 3.05) is 0 Å². The second-order valence-electron chi connectivity index (χ2n) is 0.279. The molecule has 0 fully saturated rings. The molecule has 0 nitrogen and oxygen atoms in total. The molecule has 0 aliphatic heterocycles. The van der Waals surface area contributed by atoms with Gasteiger partial charge in [0.05, 0.1) is 0 Å².